The van der Waals surface area contributed by atoms with Crippen molar-refractivity contribution in [1.29, 1.82) is 0 Å². The third kappa shape index (κ3) is 1.35. The number of carbonyl (C=O) groups excluding carboxylic acids is 1. The van der Waals surface area contributed by atoms with Gasteiger partial charge in [-0.3, -0.25) is 4.79 Å². The van der Waals surface area contributed by atoms with E-state index in [1.807, 2.05) is 36.4 Å². The predicted molar refractivity (Wildman–Crippen MR) is 76.1 cm³/mol. The number of benzene rings is 2. The number of halogens is 1. The van der Waals surface area contributed by atoms with Crippen LogP contribution in [-0.2, 0) is 0 Å². The van der Waals surface area contributed by atoms with E-state index in [0.717, 1.165) is 26.6 Å². The number of carbonyl (C=O) groups is 1. The summed E-state index contributed by atoms with van der Waals surface area (Å²) < 4.78 is 0.788. The second-order valence-electron chi connectivity index (χ2n) is 4.41. The molecule has 0 bridgehead atoms. The number of hydrogen-bond donors (Lipinski definition) is 0. The normalized spacial score (nSPS) is 12.6. The maximum Gasteiger partial charge on any atom is 0.195 e. The van der Waals surface area contributed by atoms with Crippen LogP contribution in [0.1, 0.15) is 15.9 Å². The average molecular weight is 311 g/mol. The number of hydrogen-bond acceptors (Lipinski definition) is 3. The van der Waals surface area contributed by atoms with Crippen molar-refractivity contribution in [2.75, 3.05) is 0 Å². The molecule has 0 fully saturated rings. The maximum atomic E-state index is 12.6. The van der Waals surface area contributed by atoms with E-state index in [-0.39, 0.29) is 5.78 Å². The van der Waals surface area contributed by atoms with Gasteiger partial charge in [0.2, 0.25) is 0 Å². The lowest BCUT2D eigenvalue weighted by Crippen LogP contribution is -2.12. The first-order valence-corrected chi connectivity index (χ1v) is 6.64. The molecule has 0 aliphatic heterocycles. The lowest BCUT2D eigenvalue weighted by atomic mass is 9.87. The summed E-state index contributed by atoms with van der Waals surface area (Å²) >= 11 is 3.46. The highest BCUT2D eigenvalue weighted by Crippen LogP contribution is 2.39. The van der Waals surface area contributed by atoms with Crippen LogP contribution in [0.2, 0.25) is 0 Å². The molecule has 1 aliphatic rings. The van der Waals surface area contributed by atoms with E-state index in [4.69, 9.17) is 0 Å². The molecule has 0 saturated carbocycles. The Labute approximate surface area is 117 Å². The maximum absolute atomic E-state index is 12.6. The highest BCUT2D eigenvalue weighted by molar-refractivity contribution is 9.10. The summed E-state index contributed by atoms with van der Waals surface area (Å²) in [5.74, 6) is 0.0235. The Morgan fingerprint density at radius 2 is 1.74 bits per heavy atom. The van der Waals surface area contributed by atoms with Crippen LogP contribution in [0.3, 0.4) is 0 Å². The summed E-state index contributed by atoms with van der Waals surface area (Å²) in [7, 11) is 0. The minimum absolute atomic E-state index is 0.0235. The third-order valence-electron chi connectivity index (χ3n) is 3.41. The van der Waals surface area contributed by atoms with Gasteiger partial charge in [0.1, 0.15) is 6.33 Å². The second kappa shape index (κ2) is 3.71. The molecule has 1 heterocycles. The Morgan fingerprint density at radius 3 is 2.58 bits per heavy atom. The molecule has 3 aromatic rings. The van der Waals surface area contributed by atoms with E-state index in [9.17, 15) is 4.79 Å². The number of rotatable bonds is 0. The molecule has 4 heteroatoms. The highest BCUT2D eigenvalue weighted by Gasteiger charge is 2.27. The van der Waals surface area contributed by atoms with Crippen molar-refractivity contribution in [2.45, 2.75) is 0 Å². The summed E-state index contributed by atoms with van der Waals surface area (Å²) in [5.41, 5.74) is 3.86. The van der Waals surface area contributed by atoms with Crippen LogP contribution >= 0.6 is 15.9 Å². The van der Waals surface area contributed by atoms with Crippen LogP contribution in [0.4, 0.5) is 0 Å². The van der Waals surface area contributed by atoms with E-state index in [2.05, 4.69) is 25.9 Å². The molecule has 0 N–H and O–H groups in total. The SMILES string of the molecule is O=C1c2ccccc2-c2ncnc3ccc(Br)c1c23. The standard InChI is InChI=1S/C15H7BrN2O/c16-10-5-6-11-13-12(10)15(19)9-4-2-1-3-8(9)14(13)18-7-17-11/h1-7H. The molecule has 0 radical (unpaired) electrons. The summed E-state index contributed by atoms with van der Waals surface area (Å²) in [4.78, 5) is 21.2. The van der Waals surface area contributed by atoms with Crippen molar-refractivity contribution in [3.8, 4) is 11.3 Å². The first-order chi connectivity index (χ1) is 9.27. The number of aromatic nitrogens is 2. The van der Waals surface area contributed by atoms with Crippen LogP contribution in [0.25, 0.3) is 22.2 Å². The van der Waals surface area contributed by atoms with Crippen LogP contribution < -0.4 is 0 Å². The van der Waals surface area contributed by atoms with E-state index < -0.39 is 0 Å². The van der Waals surface area contributed by atoms with Gasteiger partial charge in [0.15, 0.2) is 5.78 Å². The monoisotopic (exact) mass is 310 g/mol. The predicted octanol–water partition coefficient (Wildman–Crippen LogP) is 3.60. The smallest absolute Gasteiger partial charge is 0.195 e. The fourth-order valence-electron chi connectivity index (χ4n) is 2.58. The Balaban J connectivity index is 2.30. The van der Waals surface area contributed by atoms with Crippen molar-refractivity contribution >= 4 is 32.6 Å². The summed E-state index contributed by atoms with van der Waals surface area (Å²) in [5, 5.41) is 0.834. The van der Waals surface area contributed by atoms with Gasteiger partial charge >= 0.3 is 0 Å². The van der Waals surface area contributed by atoms with Crippen LogP contribution in [0, 0.1) is 0 Å². The molecule has 90 valence electrons. The van der Waals surface area contributed by atoms with Crippen molar-refractivity contribution in [1.82, 2.24) is 9.97 Å². The van der Waals surface area contributed by atoms with Crippen molar-refractivity contribution in [3.05, 3.63) is 58.3 Å². The van der Waals surface area contributed by atoms with Crippen LogP contribution in [-0.4, -0.2) is 15.8 Å². The first-order valence-electron chi connectivity index (χ1n) is 5.84. The first kappa shape index (κ1) is 10.8. The molecular weight excluding hydrogens is 304 g/mol. The summed E-state index contributed by atoms with van der Waals surface area (Å²) in [6.07, 6.45) is 1.54. The third-order valence-corrected chi connectivity index (χ3v) is 4.07. The van der Waals surface area contributed by atoms with E-state index >= 15 is 0 Å². The Hall–Kier alpha value is -2.07. The molecule has 1 aromatic heterocycles. The molecule has 3 nitrogen and oxygen atoms in total. The van der Waals surface area contributed by atoms with Crippen molar-refractivity contribution in [2.24, 2.45) is 0 Å². The van der Waals surface area contributed by atoms with Crippen molar-refractivity contribution in [3.63, 3.8) is 0 Å². The molecule has 0 spiro atoms. The molecular formula is C15H7BrN2O. The van der Waals surface area contributed by atoms with Crippen LogP contribution in [0.5, 0.6) is 0 Å². The fourth-order valence-corrected chi connectivity index (χ4v) is 3.09. The number of nitrogens with zero attached hydrogens (tertiary/aromatic N) is 2. The minimum atomic E-state index is 0.0235. The van der Waals surface area contributed by atoms with E-state index in [1.165, 1.54) is 0 Å². The summed E-state index contributed by atoms with van der Waals surface area (Å²) in [6.45, 7) is 0. The second-order valence-corrected chi connectivity index (χ2v) is 5.27. The molecule has 2 aromatic carbocycles. The molecule has 4 rings (SSSR count). The number of fused-ring (bicyclic) bond motifs is 2. The molecule has 19 heavy (non-hydrogen) atoms. The fraction of sp³-hybridized carbons (Fsp3) is 0. The molecule has 0 saturated heterocycles. The van der Waals surface area contributed by atoms with Gasteiger partial charge in [0, 0.05) is 26.5 Å². The summed E-state index contributed by atoms with van der Waals surface area (Å²) in [6, 6.07) is 11.3. The van der Waals surface area contributed by atoms with Gasteiger partial charge in [-0.15, -0.1) is 0 Å². The van der Waals surface area contributed by atoms with Crippen molar-refractivity contribution < 1.29 is 4.79 Å². The van der Waals surface area contributed by atoms with Crippen LogP contribution in [0.15, 0.2) is 47.2 Å². The molecule has 0 amide bonds. The van der Waals surface area contributed by atoms with Gasteiger partial charge in [0.25, 0.3) is 0 Å². The lowest BCUT2D eigenvalue weighted by molar-refractivity contribution is 0.103. The van der Waals surface area contributed by atoms with Gasteiger partial charge in [-0.05, 0) is 12.1 Å². The average Bonchev–Trinajstić information content (AvgIpc) is 2.45. The van der Waals surface area contributed by atoms with Gasteiger partial charge in [-0.1, -0.05) is 40.2 Å². The minimum Gasteiger partial charge on any atom is -0.289 e. The van der Waals surface area contributed by atoms with E-state index in [0.29, 0.717) is 11.1 Å². The molecule has 0 atom stereocenters. The zero-order chi connectivity index (χ0) is 13.0. The van der Waals surface area contributed by atoms with Gasteiger partial charge in [-0.25, -0.2) is 9.97 Å². The lowest BCUT2D eigenvalue weighted by Gasteiger charge is -2.18. The van der Waals surface area contributed by atoms with Gasteiger partial charge in [-0.2, -0.15) is 0 Å². The Kier molecular flexibility index (Phi) is 2.11. The largest absolute Gasteiger partial charge is 0.289 e. The Morgan fingerprint density at radius 1 is 0.947 bits per heavy atom. The Bertz CT molecular complexity index is 858. The zero-order valence-electron chi connectivity index (χ0n) is 9.72. The molecule has 1 aliphatic carbocycles. The molecule has 0 unspecified atom stereocenters. The van der Waals surface area contributed by atoms with Gasteiger partial charge < -0.3 is 0 Å². The topological polar surface area (TPSA) is 42.9 Å². The van der Waals surface area contributed by atoms with E-state index in [1.54, 1.807) is 6.33 Å². The van der Waals surface area contributed by atoms with Gasteiger partial charge in [0.05, 0.1) is 11.2 Å². The number of ketones is 1. The highest BCUT2D eigenvalue weighted by atomic mass is 79.9. The quantitative estimate of drug-likeness (QED) is 0.498. The zero-order valence-corrected chi connectivity index (χ0v) is 11.3.